The van der Waals surface area contributed by atoms with Crippen LogP contribution in [-0.2, 0) is 6.54 Å². The molecule has 116 valence electrons. The fourth-order valence-electron chi connectivity index (χ4n) is 1.91. The summed E-state index contributed by atoms with van der Waals surface area (Å²) in [6.07, 6.45) is 6.24. The van der Waals surface area contributed by atoms with Crippen LogP contribution < -0.4 is 10.6 Å². The summed E-state index contributed by atoms with van der Waals surface area (Å²) in [5, 5.41) is 6.13. The van der Waals surface area contributed by atoms with Crippen molar-refractivity contribution in [3.63, 3.8) is 0 Å². The van der Waals surface area contributed by atoms with Gasteiger partial charge >= 0.3 is 0 Å². The molecule has 2 N–H and O–H groups in total. The number of carbonyl (C=O) groups is 1. The molecular weight excluding hydrogens is 276 g/mol. The van der Waals surface area contributed by atoms with Crippen molar-refractivity contribution in [1.29, 1.82) is 0 Å². The summed E-state index contributed by atoms with van der Waals surface area (Å²) in [5.41, 5.74) is 2.31. The zero-order valence-corrected chi connectivity index (χ0v) is 13.0. The Hall–Kier alpha value is -2.43. The highest BCUT2D eigenvalue weighted by molar-refractivity contribution is 5.92. The van der Waals surface area contributed by atoms with E-state index in [0.717, 1.165) is 24.2 Å². The first kappa shape index (κ1) is 15.9. The Morgan fingerprint density at radius 1 is 1.23 bits per heavy atom. The number of anilines is 1. The van der Waals surface area contributed by atoms with Gasteiger partial charge in [0.05, 0.1) is 11.9 Å². The average molecular weight is 298 g/mol. The summed E-state index contributed by atoms with van der Waals surface area (Å²) < 4.78 is 0. The van der Waals surface area contributed by atoms with Crippen LogP contribution in [-0.4, -0.2) is 22.4 Å². The summed E-state index contributed by atoms with van der Waals surface area (Å²) in [4.78, 5) is 20.2. The lowest BCUT2D eigenvalue weighted by Gasteiger charge is -2.09. The highest BCUT2D eigenvalue weighted by Gasteiger charge is 2.06. The van der Waals surface area contributed by atoms with E-state index in [-0.39, 0.29) is 5.91 Å². The summed E-state index contributed by atoms with van der Waals surface area (Å²) in [6, 6.07) is 7.38. The number of nitrogens with zero attached hydrogens (tertiary/aromatic N) is 2. The molecule has 0 spiro atoms. The Morgan fingerprint density at radius 3 is 2.73 bits per heavy atom. The quantitative estimate of drug-likeness (QED) is 0.825. The molecule has 2 heterocycles. The normalized spacial score (nSPS) is 10.5. The van der Waals surface area contributed by atoms with Crippen molar-refractivity contribution in [2.45, 2.75) is 26.8 Å². The van der Waals surface area contributed by atoms with E-state index < -0.39 is 0 Å². The van der Waals surface area contributed by atoms with Crippen LogP contribution in [0, 0.1) is 5.92 Å². The lowest BCUT2D eigenvalue weighted by atomic mass is 10.1. The molecule has 0 fully saturated rings. The predicted molar refractivity (Wildman–Crippen MR) is 87.6 cm³/mol. The zero-order chi connectivity index (χ0) is 15.8. The van der Waals surface area contributed by atoms with E-state index in [1.54, 1.807) is 24.7 Å². The molecule has 0 radical (unpaired) electrons. The van der Waals surface area contributed by atoms with E-state index in [0.29, 0.717) is 18.2 Å². The van der Waals surface area contributed by atoms with Crippen molar-refractivity contribution in [2.24, 2.45) is 5.92 Å². The number of hydrogen-bond donors (Lipinski definition) is 2. The van der Waals surface area contributed by atoms with Crippen molar-refractivity contribution in [2.75, 3.05) is 11.9 Å². The van der Waals surface area contributed by atoms with Crippen molar-refractivity contribution < 1.29 is 4.79 Å². The minimum Gasteiger partial charge on any atom is -0.384 e. The molecule has 0 aromatic carbocycles. The van der Waals surface area contributed by atoms with Gasteiger partial charge in [0.2, 0.25) is 0 Å². The molecule has 0 bridgehead atoms. The van der Waals surface area contributed by atoms with Crippen LogP contribution in [0.2, 0.25) is 0 Å². The van der Waals surface area contributed by atoms with Crippen LogP contribution >= 0.6 is 0 Å². The van der Waals surface area contributed by atoms with E-state index in [4.69, 9.17) is 0 Å². The molecule has 1 amide bonds. The molecule has 0 aliphatic carbocycles. The van der Waals surface area contributed by atoms with Crippen molar-refractivity contribution in [3.05, 3.63) is 54.1 Å². The number of amides is 1. The van der Waals surface area contributed by atoms with Gasteiger partial charge in [-0.1, -0.05) is 19.9 Å². The Kier molecular flexibility index (Phi) is 5.89. The lowest BCUT2D eigenvalue weighted by molar-refractivity contribution is 0.0946. The van der Waals surface area contributed by atoms with E-state index in [1.807, 2.05) is 18.2 Å². The van der Waals surface area contributed by atoms with Gasteiger partial charge in [0.15, 0.2) is 0 Å². The van der Waals surface area contributed by atoms with E-state index in [2.05, 4.69) is 34.4 Å². The van der Waals surface area contributed by atoms with Crippen LogP contribution in [0.4, 0.5) is 5.69 Å². The van der Waals surface area contributed by atoms with E-state index in [1.165, 1.54) is 0 Å². The van der Waals surface area contributed by atoms with E-state index in [9.17, 15) is 4.79 Å². The molecule has 2 aromatic heterocycles. The Bertz CT molecular complexity index is 581. The van der Waals surface area contributed by atoms with Gasteiger partial charge in [-0.25, -0.2) is 4.98 Å². The summed E-state index contributed by atoms with van der Waals surface area (Å²) in [6.45, 7) is 5.74. The van der Waals surface area contributed by atoms with Crippen molar-refractivity contribution in [1.82, 2.24) is 15.3 Å². The Balaban J connectivity index is 1.83. The highest BCUT2D eigenvalue weighted by Crippen LogP contribution is 2.08. The van der Waals surface area contributed by atoms with E-state index >= 15 is 0 Å². The van der Waals surface area contributed by atoms with Crippen molar-refractivity contribution >= 4 is 11.6 Å². The molecule has 5 heteroatoms. The lowest BCUT2D eigenvalue weighted by Crippen LogP contribution is -2.23. The fourth-order valence-corrected chi connectivity index (χ4v) is 1.91. The largest absolute Gasteiger partial charge is 0.384 e. The van der Waals surface area contributed by atoms with Gasteiger partial charge in [0.25, 0.3) is 5.91 Å². The molecule has 0 unspecified atom stereocenters. The van der Waals surface area contributed by atoms with Gasteiger partial charge in [0.1, 0.15) is 5.69 Å². The summed E-state index contributed by atoms with van der Waals surface area (Å²) >= 11 is 0. The molecule has 2 aromatic rings. The molecule has 2 rings (SSSR count). The molecule has 0 saturated carbocycles. The van der Waals surface area contributed by atoms with Crippen LogP contribution in [0.3, 0.4) is 0 Å². The second-order valence-electron chi connectivity index (χ2n) is 5.59. The predicted octanol–water partition coefficient (Wildman–Crippen LogP) is 2.86. The topological polar surface area (TPSA) is 66.9 Å². The second-order valence-corrected chi connectivity index (χ2v) is 5.59. The SMILES string of the molecule is CC(C)CCNc1ccc(C(=O)NCc2cccnc2)nc1. The smallest absolute Gasteiger partial charge is 0.270 e. The third-order valence-electron chi connectivity index (χ3n) is 3.22. The van der Waals surface area contributed by atoms with Crippen LogP contribution in [0.25, 0.3) is 0 Å². The van der Waals surface area contributed by atoms with Gasteiger partial charge in [-0.3, -0.25) is 9.78 Å². The van der Waals surface area contributed by atoms with Gasteiger partial charge in [0, 0.05) is 25.5 Å². The van der Waals surface area contributed by atoms with Crippen LogP contribution in [0.5, 0.6) is 0 Å². The maximum absolute atomic E-state index is 12.0. The van der Waals surface area contributed by atoms with Gasteiger partial charge in [-0.15, -0.1) is 0 Å². The maximum Gasteiger partial charge on any atom is 0.270 e. The third-order valence-corrected chi connectivity index (χ3v) is 3.22. The number of pyridine rings is 2. The molecule has 0 aliphatic rings. The number of aromatic nitrogens is 2. The fraction of sp³-hybridized carbons (Fsp3) is 0.353. The minimum atomic E-state index is -0.183. The monoisotopic (exact) mass is 298 g/mol. The van der Waals surface area contributed by atoms with Crippen LogP contribution in [0.15, 0.2) is 42.9 Å². The third kappa shape index (κ3) is 5.16. The molecule has 0 saturated heterocycles. The molecule has 22 heavy (non-hydrogen) atoms. The number of hydrogen-bond acceptors (Lipinski definition) is 4. The van der Waals surface area contributed by atoms with Crippen molar-refractivity contribution in [3.8, 4) is 0 Å². The minimum absolute atomic E-state index is 0.183. The Morgan fingerprint density at radius 2 is 2.09 bits per heavy atom. The maximum atomic E-state index is 12.0. The summed E-state index contributed by atoms with van der Waals surface area (Å²) in [7, 11) is 0. The molecule has 0 atom stereocenters. The average Bonchev–Trinajstić information content (AvgIpc) is 2.54. The van der Waals surface area contributed by atoms with Crippen LogP contribution in [0.1, 0.15) is 36.3 Å². The number of carbonyl (C=O) groups excluding carboxylic acids is 1. The molecule has 0 aliphatic heterocycles. The van der Waals surface area contributed by atoms with Gasteiger partial charge < -0.3 is 10.6 Å². The number of rotatable bonds is 7. The first-order valence-electron chi connectivity index (χ1n) is 7.52. The Labute approximate surface area is 131 Å². The number of nitrogens with one attached hydrogen (secondary N) is 2. The van der Waals surface area contributed by atoms with Gasteiger partial charge in [-0.05, 0) is 36.1 Å². The van der Waals surface area contributed by atoms with Gasteiger partial charge in [-0.2, -0.15) is 0 Å². The molecular formula is C17H22N4O. The highest BCUT2D eigenvalue weighted by atomic mass is 16.1. The molecule has 5 nitrogen and oxygen atoms in total. The second kappa shape index (κ2) is 8.12. The standard InChI is InChI=1S/C17H22N4O/c1-13(2)7-9-19-15-5-6-16(20-12-15)17(22)21-11-14-4-3-8-18-10-14/h3-6,8,10,12-13,19H,7,9,11H2,1-2H3,(H,21,22). The summed E-state index contributed by atoms with van der Waals surface area (Å²) in [5.74, 6) is 0.482. The first-order valence-corrected chi connectivity index (χ1v) is 7.52. The zero-order valence-electron chi connectivity index (χ0n) is 13.0. The first-order chi connectivity index (χ1) is 10.6.